The Morgan fingerprint density at radius 3 is 2.68 bits per heavy atom. The molecule has 0 spiro atoms. The van der Waals surface area contributed by atoms with Crippen LogP contribution in [0.25, 0.3) is 11.1 Å². The summed E-state index contributed by atoms with van der Waals surface area (Å²) in [5, 5.41) is 0. The van der Waals surface area contributed by atoms with Crippen molar-refractivity contribution in [2.24, 2.45) is 0 Å². The quantitative estimate of drug-likeness (QED) is 0.639. The smallest absolute Gasteiger partial charge is 0.410 e. The number of hydrogen-bond acceptors (Lipinski definition) is 5. The fourth-order valence-corrected chi connectivity index (χ4v) is 4.11. The van der Waals surface area contributed by atoms with Gasteiger partial charge in [-0.3, -0.25) is 0 Å². The first kappa shape index (κ1) is 21.2. The Labute approximate surface area is 183 Å². The van der Waals surface area contributed by atoms with Gasteiger partial charge in [0.2, 0.25) is 0 Å². The van der Waals surface area contributed by atoms with Crippen LogP contribution in [0.4, 0.5) is 4.79 Å². The molecule has 1 amide bonds. The number of benzene rings is 2. The molecule has 1 atom stereocenters. The summed E-state index contributed by atoms with van der Waals surface area (Å²) >= 11 is 0. The molecule has 0 saturated carbocycles. The number of nitrogens with zero attached hydrogens (tertiary/aromatic N) is 1. The minimum atomic E-state index is -0.493. The monoisotopic (exact) mass is 423 g/mol. The summed E-state index contributed by atoms with van der Waals surface area (Å²) < 4.78 is 16.5. The zero-order valence-corrected chi connectivity index (χ0v) is 18.6. The van der Waals surface area contributed by atoms with E-state index in [4.69, 9.17) is 14.2 Å². The van der Waals surface area contributed by atoms with Crippen LogP contribution in [0.3, 0.4) is 0 Å². The summed E-state index contributed by atoms with van der Waals surface area (Å²) in [7, 11) is 0. The molecule has 0 radical (unpaired) electrons. The van der Waals surface area contributed by atoms with Gasteiger partial charge in [0.15, 0.2) is 0 Å². The van der Waals surface area contributed by atoms with Gasteiger partial charge in [-0.25, -0.2) is 9.59 Å². The Balaban J connectivity index is 1.55. The van der Waals surface area contributed by atoms with Gasteiger partial charge in [0, 0.05) is 24.6 Å². The SMILES string of the molecule is CCOC(=O)c1ccc2c(c1)OCc1ccc(C3CCN(C(=O)OC(C)(C)C)C3)cc1-2. The second-order valence-corrected chi connectivity index (χ2v) is 9.05. The molecule has 2 aromatic carbocycles. The molecule has 1 saturated heterocycles. The van der Waals surface area contributed by atoms with Crippen molar-refractivity contribution in [3.8, 4) is 16.9 Å². The molecule has 0 aliphatic carbocycles. The maximum absolute atomic E-state index is 12.4. The van der Waals surface area contributed by atoms with E-state index < -0.39 is 5.60 Å². The molecule has 0 bridgehead atoms. The first-order chi connectivity index (χ1) is 14.7. The highest BCUT2D eigenvalue weighted by Crippen LogP contribution is 2.40. The normalized spacial score (nSPS) is 17.4. The van der Waals surface area contributed by atoms with Gasteiger partial charge >= 0.3 is 12.1 Å². The Kier molecular flexibility index (Phi) is 5.65. The van der Waals surface area contributed by atoms with Gasteiger partial charge in [-0.2, -0.15) is 0 Å². The van der Waals surface area contributed by atoms with Gasteiger partial charge in [0.05, 0.1) is 12.2 Å². The summed E-state index contributed by atoms with van der Waals surface area (Å²) in [5.74, 6) is 0.613. The summed E-state index contributed by atoms with van der Waals surface area (Å²) in [5.41, 5.74) is 4.40. The maximum Gasteiger partial charge on any atom is 0.410 e. The van der Waals surface area contributed by atoms with Crippen molar-refractivity contribution in [1.29, 1.82) is 0 Å². The summed E-state index contributed by atoms with van der Waals surface area (Å²) in [6.45, 7) is 9.59. The standard InChI is InChI=1S/C25H29NO5/c1-5-29-23(27)17-8-9-20-21-12-16(6-7-19(21)15-30-22(20)13-17)18-10-11-26(14-18)24(28)31-25(2,3)4/h6-9,12-13,18H,5,10-11,14-15H2,1-4H3. The average molecular weight is 424 g/mol. The van der Waals surface area contributed by atoms with Gasteiger partial charge < -0.3 is 19.1 Å². The summed E-state index contributed by atoms with van der Waals surface area (Å²) in [6, 6.07) is 11.9. The predicted molar refractivity (Wildman–Crippen MR) is 117 cm³/mol. The first-order valence-corrected chi connectivity index (χ1v) is 10.8. The van der Waals surface area contributed by atoms with Crippen LogP contribution in [0.2, 0.25) is 0 Å². The Hall–Kier alpha value is -3.02. The van der Waals surface area contributed by atoms with E-state index in [-0.39, 0.29) is 18.0 Å². The third-order valence-electron chi connectivity index (χ3n) is 5.61. The summed E-state index contributed by atoms with van der Waals surface area (Å²) in [4.78, 5) is 26.3. The van der Waals surface area contributed by atoms with E-state index in [1.165, 1.54) is 5.56 Å². The van der Waals surface area contributed by atoms with Crippen LogP contribution >= 0.6 is 0 Å². The maximum atomic E-state index is 12.4. The highest BCUT2D eigenvalue weighted by atomic mass is 16.6. The van der Waals surface area contributed by atoms with Crippen molar-refractivity contribution in [2.75, 3.05) is 19.7 Å². The Morgan fingerprint density at radius 2 is 1.94 bits per heavy atom. The van der Waals surface area contributed by atoms with E-state index in [2.05, 4.69) is 18.2 Å². The number of fused-ring (bicyclic) bond motifs is 3. The van der Waals surface area contributed by atoms with Gasteiger partial charge in [0.25, 0.3) is 0 Å². The number of hydrogen-bond donors (Lipinski definition) is 0. The van der Waals surface area contributed by atoms with Crippen LogP contribution in [-0.4, -0.2) is 42.3 Å². The molecular formula is C25H29NO5. The third-order valence-corrected chi connectivity index (χ3v) is 5.61. The summed E-state index contributed by atoms with van der Waals surface area (Å²) in [6.07, 6.45) is 0.654. The van der Waals surface area contributed by atoms with E-state index in [9.17, 15) is 9.59 Å². The van der Waals surface area contributed by atoms with Gasteiger partial charge in [-0.05, 0) is 69.0 Å². The van der Waals surface area contributed by atoms with Crippen molar-refractivity contribution in [3.05, 3.63) is 53.1 Å². The molecule has 31 heavy (non-hydrogen) atoms. The van der Waals surface area contributed by atoms with E-state index in [0.717, 1.165) is 23.1 Å². The molecule has 2 aliphatic heterocycles. The first-order valence-electron chi connectivity index (χ1n) is 10.8. The van der Waals surface area contributed by atoms with Gasteiger partial charge in [-0.15, -0.1) is 0 Å². The van der Waals surface area contributed by atoms with E-state index in [1.807, 2.05) is 26.8 Å². The van der Waals surface area contributed by atoms with Crippen LogP contribution in [0, 0.1) is 0 Å². The molecule has 2 aliphatic rings. The van der Waals surface area contributed by atoms with Crippen LogP contribution in [0.15, 0.2) is 36.4 Å². The molecular weight excluding hydrogens is 394 g/mol. The van der Waals surface area contributed by atoms with Crippen LogP contribution < -0.4 is 4.74 Å². The lowest BCUT2D eigenvalue weighted by atomic mass is 9.90. The molecule has 0 aromatic heterocycles. The lowest BCUT2D eigenvalue weighted by Gasteiger charge is -2.25. The Morgan fingerprint density at radius 1 is 1.13 bits per heavy atom. The minimum absolute atomic E-state index is 0.252. The number of rotatable bonds is 3. The molecule has 164 valence electrons. The van der Waals surface area contributed by atoms with Crippen molar-refractivity contribution in [1.82, 2.24) is 4.90 Å². The molecule has 6 nitrogen and oxygen atoms in total. The number of carbonyl (C=O) groups excluding carboxylic acids is 2. The molecule has 1 unspecified atom stereocenters. The fraction of sp³-hybridized carbons (Fsp3) is 0.440. The number of esters is 1. The molecule has 2 heterocycles. The highest BCUT2D eigenvalue weighted by Gasteiger charge is 2.31. The van der Waals surface area contributed by atoms with Crippen molar-refractivity contribution >= 4 is 12.1 Å². The molecule has 1 fully saturated rings. The second-order valence-electron chi connectivity index (χ2n) is 9.05. The van der Waals surface area contributed by atoms with E-state index >= 15 is 0 Å². The fourth-order valence-electron chi connectivity index (χ4n) is 4.11. The van der Waals surface area contributed by atoms with Crippen molar-refractivity contribution in [2.45, 2.75) is 52.2 Å². The highest BCUT2D eigenvalue weighted by molar-refractivity contribution is 5.91. The van der Waals surface area contributed by atoms with Crippen LogP contribution in [0.5, 0.6) is 5.75 Å². The van der Waals surface area contributed by atoms with E-state index in [1.54, 1.807) is 24.0 Å². The number of amides is 1. The van der Waals surface area contributed by atoms with Crippen molar-refractivity contribution < 1.29 is 23.8 Å². The minimum Gasteiger partial charge on any atom is -0.488 e. The van der Waals surface area contributed by atoms with Gasteiger partial charge in [-0.1, -0.05) is 18.2 Å². The molecule has 0 N–H and O–H groups in total. The molecule has 2 aromatic rings. The lowest BCUT2D eigenvalue weighted by Crippen LogP contribution is -2.35. The zero-order chi connectivity index (χ0) is 22.2. The average Bonchev–Trinajstić information content (AvgIpc) is 3.22. The number of carbonyl (C=O) groups is 2. The predicted octanol–water partition coefficient (Wildman–Crippen LogP) is 5.15. The van der Waals surface area contributed by atoms with E-state index in [0.29, 0.717) is 37.6 Å². The van der Waals surface area contributed by atoms with Crippen LogP contribution in [-0.2, 0) is 16.1 Å². The van der Waals surface area contributed by atoms with Crippen molar-refractivity contribution in [3.63, 3.8) is 0 Å². The lowest BCUT2D eigenvalue weighted by molar-refractivity contribution is 0.0292. The third kappa shape index (κ3) is 4.53. The van der Waals surface area contributed by atoms with Crippen LogP contribution in [0.1, 0.15) is 61.5 Å². The molecule has 4 rings (SSSR count). The number of likely N-dealkylation sites (tertiary alicyclic amines) is 1. The topological polar surface area (TPSA) is 65.1 Å². The zero-order valence-electron chi connectivity index (χ0n) is 18.6. The molecule has 6 heteroatoms. The number of ether oxygens (including phenoxy) is 3. The largest absolute Gasteiger partial charge is 0.488 e. The second kappa shape index (κ2) is 8.25. The Bertz CT molecular complexity index is 1010. The van der Waals surface area contributed by atoms with Gasteiger partial charge in [0.1, 0.15) is 18.0 Å².